The molecule has 3 aliphatic rings. The molecule has 166 valence electrons. The number of piperazine rings is 1. The minimum Gasteiger partial charge on any atom is -0.381 e. The zero-order chi connectivity index (χ0) is 21.1. The lowest BCUT2D eigenvalue weighted by Crippen LogP contribution is -2.56. The summed E-state index contributed by atoms with van der Waals surface area (Å²) in [7, 11) is 0. The number of hydrogen-bond donors (Lipinski definition) is 0. The predicted molar refractivity (Wildman–Crippen MR) is 108 cm³/mol. The molecule has 0 unspecified atom stereocenters. The number of carbonyl (C=O) groups excluding carboxylic acids is 1. The monoisotopic (exact) mass is 425 g/mol. The standard InChI is InChI=1S/C22H30F3N3O2/c23-22(24,25)18-3-1-4-19(15-18)26-9-11-27(12-10-26)20-5-2-8-28(16-20)21(29)17-6-13-30-14-7-17/h1,3-4,15,17,20H,2,5-14,16H2/t20-/m1/s1. The molecule has 3 heterocycles. The van der Waals surface area contributed by atoms with Crippen molar-refractivity contribution in [3.63, 3.8) is 0 Å². The molecule has 3 fully saturated rings. The van der Waals surface area contributed by atoms with Crippen LogP contribution in [0.5, 0.6) is 0 Å². The molecule has 0 spiro atoms. The number of anilines is 1. The molecule has 3 aliphatic heterocycles. The van der Waals surface area contributed by atoms with Crippen LogP contribution in [0.25, 0.3) is 0 Å². The van der Waals surface area contributed by atoms with E-state index in [2.05, 4.69) is 4.90 Å². The van der Waals surface area contributed by atoms with Crippen LogP contribution >= 0.6 is 0 Å². The summed E-state index contributed by atoms with van der Waals surface area (Å²) in [6.45, 7) is 5.95. The predicted octanol–water partition coefficient (Wildman–Crippen LogP) is 3.25. The van der Waals surface area contributed by atoms with Crippen LogP contribution in [-0.4, -0.2) is 74.2 Å². The summed E-state index contributed by atoms with van der Waals surface area (Å²) >= 11 is 0. The molecule has 0 aliphatic carbocycles. The number of nitrogens with zero attached hydrogens (tertiary/aromatic N) is 3. The largest absolute Gasteiger partial charge is 0.416 e. The quantitative estimate of drug-likeness (QED) is 0.745. The first-order valence-corrected chi connectivity index (χ1v) is 10.9. The number of amides is 1. The zero-order valence-electron chi connectivity index (χ0n) is 17.2. The first-order valence-electron chi connectivity index (χ1n) is 10.9. The number of alkyl halides is 3. The Kier molecular flexibility index (Phi) is 6.53. The summed E-state index contributed by atoms with van der Waals surface area (Å²) in [6, 6.07) is 5.92. The number of benzene rings is 1. The SMILES string of the molecule is O=C(C1CCOCC1)N1CCC[C@@H](N2CCN(c3cccc(C(F)(F)F)c3)CC2)C1. The topological polar surface area (TPSA) is 36.0 Å². The first-order chi connectivity index (χ1) is 14.4. The Bertz CT molecular complexity index is 729. The number of piperidine rings is 1. The Morgan fingerprint density at radius 3 is 2.43 bits per heavy atom. The van der Waals surface area contributed by atoms with Gasteiger partial charge in [0.15, 0.2) is 0 Å². The van der Waals surface area contributed by atoms with E-state index in [0.29, 0.717) is 38.0 Å². The van der Waals surface area contributed by atoms with Gasteiger partial charge in [-0.2, -0.15) is 13.2 Å². The van der Waals surface area contributed by atoms with Crippen LogP contribution in [0.4, 0.5) is 18.9 Å². The summed E-state index contributed by atoms with van der Waals surface area (Å²) in [5.74, 6) is 0.362. The number of ether oxygens (including phenoxy) is 1. The fourth-order valence-electron chi connectivity index (χ4n) is 4.88. The van der Waals surface area contributed by atoms with Crippen LogP contribution in [0.3, 0.4) is 0 Å². The van der Waals surface area contributed by atoms with Gasteiger partial charge >= 0.3 is 6.18 Å². The highest BCUT2D eigenvalue weighted by Crippen LogP contribution is 2.32. The van der Waals surface area contributed by atoms with Gasteiger partial charge in [-0.25, -0.2) is 0 Å². The molecule has 3 saturated heterocycles. The van der Waals surface area contributed by atoms with E-state index in [1.165, 1.54) is 12.1 Å². The van der Waals surface area contributed by atoms with Gasteiger partial charge in [-0.15, -0.1) is 0 Å². The van der Waals surface area contributed by atoms with Crippen molar-refractivity contribution in [2.24, 2.45) is 5.92 Å². The molecule has 0 N–H and O–H groups in total. The van der Waals surface area contributed by atoms with E-state index in [-0.39, 0.29) is 11.8 Å². The molecule has 4 rings (SSSR count). The third-order valence-corrected chi connectivity index (χ3v) is 6.65. The third-order valence-electron chi connectivity index (χ3n) is 6.65. The fourth-order valence-corrected chi connectivity index (χ4v) is 4.88. The molecule has 0 aromatic heterocycles. The second-order valence-corrected chi connectivity index (χ2v) is 8.54. The van der Waals surface area contributed by atoms with Crippen LogP contribution in [0.15, 0.2) is 24.3 Å². The molecular weight excluding hydrogens is 395 g/mol. The van der Waals surface area contributed by atoms with Crippen molar-refractivity contribution in [2.45, 2.75) is 37.9 Å². The lowest BCUT2D eigenvalue weighted by atomic mass is 9.96. The van der Waals surface area contributed by atoms with Gasteiger partial charge in [0.1, 0.15) is 0 Å². The Hall–Kier alpha value is -1.80. The van der Waals surface area contributed by atoms with Crippen LogP contribution in [0.1, 0.15) is 31.2 Å². The normalized spacial score (nSPS) is 24.8. The van der Waals surface area contributed by atoms with Gasteiger partial charge in [0.05, 0.1) is 5.56 Å². The summed E-state index contributed by atoms with van der Waals surface area (Å²) in [5.41, 5.74) is 0.0291. The molecule has 8 heteroatoms. The van der Waals surface area contributed by atoms with E-state index in [1.807, 2.05) is 9.80 Å². The van der Waals surface area contributed by atoms with Crippen molar-refractivity contribution in [3.8, 4) is 0 Å². The summed E-state index contributed by atoms with van der Waals surface area (Å²) in [4.78, 5) is 19.4. The average Bonchev–Trinajstić information content (AvgIpc) is 2.79. The molecule has 30 heavy (non-hydrogen) atoms. The molecule has 1 amide bonds. The summed E-state index contributed by atoms with van der Waals surface area (Å²) in [6.07, 6.45) is -0.611. The molecule has 1 aromatic rings. The second kappa shape index (κ2) is 9.14. The van der Waals surface area contributed by atoms with Crippen molar-refractivity contribution in [1.82, 2.24) is 9.80 Å². The molecule has 0 bridgehead atoms. The Labute approximate surface area is 175 Å². The lowest BCUT2D eigenvalue weighted by molar-refractivity contribution is -0.141. The smallest absolute Gasteiger partial charge is 0.381 e. The van der Waals surface area contributed by atoms with E-state index < -0.39 is 11.7 Å². The highest BCUT2D eigenvalue weighted by Gasteiger charge is 2.34. The van der Waals surface area contributed by atoms with Gasteiger partial charge in [0, 0.05) is 70.1 Å². The molecular formula is C22H30F3N3O2. The van der Waals surface area contributed by atoms with E-state index in [1.54, 1.807) is 6.07 Å². The Morgan fingerprint density at radius 1 is 1.00 bits per heavy atom. The second-order valence-electron chi connectivity index (χ2n) is 8.54. The van der Waals surface area contributed by atoms with Gasteiger partial charge in [0.2, 0.25) is 5.91 Å². The lowest BCUT2D eigenvalue weighted by Gasteiger charge is -2.44. The van der Waals surface area contributed by atoms with E-state index in [0.717, 1.165) is 57.9 Å². The van der Waals surface area contributed by atoms with Crippen LogP contribution < -0.4 is 4.90 Å². The maximum atomic E-state index is 13.0. The minimum absolute atomic E-state index is 0.0928. The van der Waals surface area contributed by atoms with Crippen LogP contribution in [0.2, 0.25) is 0 Å². The van der Waals surface area contributed by atoms with E-state index in [9.17, 15) is 18.0 Å². The van der Waals surface area contributed by atoms with Crippen molar-refractivity contribution in [3.05, 3.63) is 29.8 Å². The van der Waals surface area contributed by atoms with Crippen molar-refractivity contribution in [2.75, 3.05) is 57.4 Å². The van der Waals surface area contributed by atoms with Gasteiger partial charge in [0.25, 0.3) is 0 Å². The van der Waals surface area contributed by atoms with Crippen LogP contribution in [-0.2, 0) is 15.7 Å². The van der Waals surface area contributed by atoms with E-state index in [4.69, 9.17) is 4.74 Å². The summed E-state index contributed by atoms with van der Waals surface area (Å²) < 4.78 is 44.4. The average molecular weight is 425 g/mol. The van der Waals surface area contributed by atoms with Crippen LogP contribution in [0, 0.1) is 5.92 Å². The van der Waals surface area contributed by atoms with Gasteiger partial charge < -0.3 is 14.5 Å². The molecule has 5 nitrogen and oxygen atoms in total. The van der Waals surface area contributed by atoms with Crippen molar-refractivity contribution >= 4 is 11.6 Å². The van der Waals surface area contributed by atoms with E-state index >= 15 is 0 Å². The fraction of sp³-hybridized carbons (Fsp3) is 0.682. The Balaban J connectivity index is 1.32. The molecule has 0 saturated carbocycles. The van der Waals surface area contributed by atoms with Gasteiger partial charge in [-0.1, -0.05) is 6.07 Å². The molecule has 0 radical (unpaired) electrons. The molecule has 1 aromatic carbocycles. The number of rotatable bonds is 3. The Morgan fingerprint density at radius 2 is 1.73 bits per heavy atom. The van der Waals surface area contributed by atoms with Crippen molar-refractivity contribution < 1.29 is 22.7 Å². The summed E-state index contributed by atoms with van der Waals surface area (Å²) in [5, 5.41) is 0. The number of halogens is 3. The number of carbonyl (C=O) groups is 1. The maximum absolute atomic E-state index is 13.0. The third kappa shape index (κ3) is 4.91. The maximum Gasteiger partial charge on any atom is 0.416 e. The highest BCUT2D eigenvalue weighted by molar-refractivity contribution is 5.79. The van der Waals surface area contributed by atoms with Gasteiger partial charge in [-0.3, -0.25) is 9.69 Å². The minimum atomic E-state index is -4.32. The number of hydrogen-bond acceptors (Lipinski definition) is 4. The van der Waals surface area contributed by atoms with Gasteiger partial charge in [-0.05, 0) is 43.9 Å². The first kappa shape index (κ1) is 21.4. The number of likely N-dealkylation sites (tertiary alicyclic amines) is 1. The zero-order valence-corrected chi connectivity index (χ0v) is 17.2. The van der Waals surface area contributed by atoms with Crippen molar-refractivity contribution in [1.29, 1.82) is 0 Å². The molecule has 1 atom stereocenters. The highest BCUT2D eigenvalue weighted by atomic mass is 19.4.